The number of hydrogen-bond donors (Lipinski definition) is 0. The van der Waals surface area contributed by atoms with Gasteiger partial charge < -0.3 is 0 Å². The van der Waals surface area contributed by atoms with Crippen LogP contribution in [-0.2, 0) is 0 Å². The monoisotopic (exact) mass is 364 g/mol. The third-order valence-electron chi connectivity index (χ3n) is 4.05. The zero-order valence-electron chi connectivity index (χ0n) is 20.5. The Bertz CT molecular complexity index is 359. The highest BCUT2D eigenvalue weighted by atomic mass is 14.1. The molecule has 0 saturated heterocycles. The van der Waals surface area contributed by atoms with E-state index in [2.05, 4.69) is 87.4 Å². The van der Waals surface area contributed by atoms with E-state index >= 15 is 0 Å². The van der Waals surface area contributed by atoms with Crippen LogP contribution in [0.25, 0.3) is 0 Å². The maximum absolute atomic E-state index is 2.29. The van der Waals surface area contributed by atoms with E-state index in [4.69, 9.17) is 0 Å². The second kappa shape index (κ2) is 20.5. The molecule has 26 heavy (non-hydrogen) atoms. The van der Waals surface area contributed by atoms with Crippen LogP contribution in [-0.4, -0.2) is 0 Å². The minimum atomic E-state index is 0.638. The Kier molecular flexibility index (Phi) is 23.7. The molecule has 0 aliphatic rings. The van der Waals surface area contributed by atoms with Crippen molar-refractivity contribution in [1.82, 2.24) is 0 Å². The van der Waals surface area contributed by atoms with Crippen molar-refractivity contribution in [1.29, 1.82) is 0 Å². The smallest absolute Gasteiger partial charge is 0.0216 e. The second-order valence-corrected chi connectivity index (χ2v) is 7.97. The molecule has 0 fully saturated rings. The maximum atomic E-state index is 2.29. The molecule has 0 bridgehead atoms. The highest BCUT2D eigenvalue weighted by molar-refractivity contribution is 5.37. The molecule has 0 aromatic heterocycles. The van der Waals surface area contributed by atoms with Gasteiger partial charge in [-0.05, 0) is 41.4 Å². The molecule has 0 aliphatic carbocycles. The Hall–Kier alpha value is -0.780. The van der Waals surface area contributed by atoms with E-state index in [-0.39, 0.29) is 0 Å². The van der Waals surface area contributed by atoms with Crippen LogP contribution in [0.3, 0.4) is 0 Å². The van der Waals surface area contributed by atoms with Gasteiger partial charge in [0.25, 0.3) is 0 Å². The lowest BCUT2D eigenvalue weighted by molar-refractivity contribution is 0.534. The summed E-state index contributed by atoms with van der Waals surface area (Å²) in [5, 5.41) is 0. The van der Waals surface area contributed by atoms with Crippen molar-refractivity contribution in [3.05, 3.63) is 34.9 Å². The summed E-state index contributed by atoms with van der Waals surface area (Å²) in [6, 6.07) is 6.66. The van der Waals surface area contributed by atoms with Gasteiger partial charge in [0.2, 0.25) is 0 Å². The van der Waals surface area contributed by atoms with E-state index in [1.54, 1.807) is 0 Å². The molecule has 1 rings (SSSR count). The highest BCUT2D eigenvalue weighted by Gasteiger charge is 2.08. The number of benzene rings is 1. The first-order valence-electron chi connectivity index (χ1n) is 11.3. The van der Waals surface area contributed by atoms with Crippen molar-refractivity contribution in [3.63, 3.8) is 0 Å². The van der Waals surface area contributed by atoms with Crippen LogP contribution in [0.15, 0.2) is 18.2 Å². The van der Waals surface area contributed by atoms with Crippen LogP contribution in [0.5, 0.6) is 0 Å². The van der Waals surface area contributed by atoms with Gasteiger partial charge in [0.1, 0.15) is 0 Å². The summed E-state index contributed by atoms with van der Waals surface area (Å²) in [5.74, 6) is 2.18. The zero-order chi connectivity index (χ0) is 21.1. The molecular formula is C26H52. The molecule has 156 valence electrons. The van der Waals surface area contributed by atoms with Crippen LogP contribution in [0.4, 0.5) is 0 Å². The highest BCUT2D eigenvalue weighted by Crippen LogP contribution is 2.26. The Labute approximate surface area is 168 Å². The van der Waals surface area contributed by atoms with Crippen LogP contribution in [0.1, 0.15) is 137 Å². The molecule has 0 heterocycles. The molecule has 1 aromatic carbocycles. The van der Waals surface area contributed by atoms with Crippen molar-refractivity contribution < 1.29 is 0 Å². The molecule has 0 heteroatoms. The molecule has 0 N–H and O–H groups in total. The maximum Gasteiger partial charge on any atom is -0.0216 e. The number of rotatable bonds is 6. The average molecular weight is 365 g/mol. The first-order valence-corrected chi connectivity index (χ1v) is 11.3. The fraction of sp³-hybridized carbons (Fsp3) is 0.769. The molecule has 0 amide bonds. The SMILES string of the molecule is CC.CCC.CCCCCC(C)C.Cc1c(C(C)C)cccc1C(C)C. The van der Waals surface area contributed by atoms with Gasteiger partial charge in [0.15, 0.2) is 0 Å². The van der Waals surface area contributed by atoms with Gasteiger partial charge in [-0.2, -0.15) is 0 Å². The lowest BCUT2D eigenvalue weighted by Gasteiger charge is -2.16. The van der Waals surface area contributed by atoms with Crippen molar-refractivity contribution in [3.8, 4) is 0 Å². The van der Waals surface area contributed by atoms with Gasteiger partial charge in [-0.15, -0.1) is 0 Å². The first kappa shape index (κ1) is 30.0. The Morgan fingerprint density at radius 1 is 0.731 bits per heavy atom. The lowest BCUT2D eigenvalue weighted by atomic mass is 9.90. The van der Waals surface area contributed by atoms with E-state index < -0.39 is 0 Å². The summed E-state index contributed by atoms with van der Waals surface area (Å²) >= 11 is 0. The molecule has 0 nitrogen and oxygen atoms in total. The fourth-order valence-corrected chi connectivity index (χ4v) is 2.73. The first-order chi connectivity index (χ1) is 12.2. The van der Waals surface area contributed by atoms with E-state index in [0.29, 0.717) is 11.8 Å². The lowest BCUT2D eigenvalue weighted by Crippen LogP contribution is -1.98. The second-order valence-electron chi connectivity index (χ2n) is 7.97. The fourth-order valence-electron chi connectivity index (χ4n) is 2.73. The van der Waals surface area contributed by atoms with Gasteiger partial charge >= 0.3 is 0 Å². The van der Waals surface area contributed by atoms with Crippen molar-refractivity contribution in [2.75, 3.05) is 0 Å². The Morgan fingerprint density at radius 2 is 1.12 bits per heavy atom. The van der Waals surface area contributed by atoms with Crippen LogP contribution < -0.4 is 0 Å². The molecule has 0 spiro atoms. The largest absolute Gasteiger partial charge is 0.0683 e. The van der Waals surface area contributed by atoms with Crippen molar-refractivity contribution >= 4 is 0 Å². The zero-order valence-corrected chi connectivity index (χ0v) is 20.5. The topological polar surface area (TPSA) is 0 Å². The summed E-state index contributed by atoms with van der Waals surface area (Å²) in [6.07, 6.45) is 6.85. The minimum absolute atomic E-state index is 0.638. The molecule has 0 saturated carbocycles. The third kappa shape index (κ3) is 16.7. The van der Waals surface area contributed by atoms with Crippen LogP contribution in [0, 0.1) is 12.8 Å². The van der Waals surface area contributed by atoms with Crippen molar-refractivity contribution in [2.24, 2.45) is 5.92 Å². The van der Waals surface area contributed by atoms with E-state index in [1.807, 2.05) is 13.8 Å². The van der Waals surface area contributed by atoms with E-state index in [1.165, 1.54) is 48.8 Å². The van der Waals surface area contributed by atoms with Crippen molar-refractivity contribution in [2.45, 2.75) is 127 Å². The summed E-state index contributed by atoms with van der Waals surface area (Å²) in [7, 11) is 0. The van der Waals surface area contributed by atoms with E-state index in [9.17, 15) is 0 Å². The Balaban J connectivity index is -0.000000349. The minimum Gasteiger partial charge on any atom is -0.0683 e. The summed E-state index contributed by atoms with van der Waals surface area (Å²) < 4.78 is 0. The molecular weight excluding hydrogens is 312 g/mol. The van der Waals surface area contributed by atoms with Gasteiger partial charge in [-0.1, -0.05) is 126 Å². The summed E-state index contributed by atoms with van der Waals surface area (Å²) in [6.45, 7) is 26.3. The summed E-state index contributed by atoms with van der Waals surface area (Å²) in [4.78, 5) is 0. The molecule has 0 unspecified atom stereocenters. The van der Waals surface area contributed by atoms with Gasteiger partial charge in [0.05, 0.1) is 0 Å². The molecule has 0 radical (unpaired) electrons. The molecule has 0 aliphatic heterocycles. The Morgan fingerprint density at radius 3 is 1.38 bits per heavy atom. The standard InChI is InChI=1S/C13H20.C8H18.C3H8.C2H6/c1-9(2)12-7-6-8-13(10(3)4)11(12)5;1-4-5-6-7-8(2)3;1-3-2;1-2/h6-10H,1-5H3;8H,4-7H2,1-3H3;3H2,1-2H3;1-2H3. The van der Waals surface area contributed by atoms with Crippen LogP contribution in [0.2, 0.25) is 0 Å². The van der Waals surface area contributed by atoms with Gasteiger partial charge in [0, 0.05) is 0 Å². The quantitative estimate of drug-likeness (QED) is 0.440. The number of hydrogen-bond acceptors (Lipinski definition) is 0. The molecule has 0 atom stereocenters. The van der Waals surface area contributed by atoms with Crippen LogP contribution >= 0.6 is 0 Å². The average Bonchev–Trinajstić information content (AvgIpc) is 2.57. The predicted molar refractivity (Wildman–Crippen MR) is 126 cm³/mol. The third-order valence-corrected chi connectivity index (χ3v) is 4.05. The van der Waals surface area contributed by atoms with E-state index in [0.717, 1.165) is 5.92 Å². The van der Waals surface area contributed by atoms with Gasteiger partial charge in [-0.25, -0.2) is 0 Å². The van der Waals surface area contributed by atoms with Gasteiger partial charge in [-0.3, -0.25) is 0 Å². The summed E-state index contributed by atoms with van der Waals surface area (Å²) in [5.41, 5.74) is 4.46. The predicted octanol–water partition coefficient (Wildman–Crippen LogP) is 9.91. The normalized spacial score (nSPS) is 9.81. The molecule has 1 aromatic rings. The number of unbranched alkanes of at least 4 members (excludes halogenated alkanes) is 2.